The molecule has 2 aliphatic heterocycles. The number of nitrogens with zero attached hydrogens (tertiary/aromatic N) is 2. The molecule has 1 atom stereocenters. The van der Waals surface area contributed by atoms with Crippen molar-refractivity contribution in [1.82, 2.24) is 15.5 Å². The van der Waals surface area contributed by atoms with Crippen molar-refractivity contribution in [2.24, 2.45) is 0 Å². The van der Waals surface area contributed by atoms with Crippen LogP contribution in [0.25, 0.3) is 0 Å². The van der Waals surface area contributed by atoms with Crippen LogP contribution in [0.4, 0.5) is 10.5 Å². The molecular formula is C23H24N4O3. The summed E-state index contributed by atoms with van der Waals surface area (Å²) < 4.78 is 0. The van der Waals surface area contributed by atoms with Gasteiger partial charge in [0, 0.05) is 18.8 Å². The summed E-state index contributed by atoms with van der Waals surface area (Å²) in [5, 5.41) is 5.81. The maximum absolute atomic E-state index is 13.4. The summed E-state index contributed by atoms with van der Waals surface area (Å²) in [6.45, 7) is 3.95. The topological polar surface area (TPSA) is 81.8 Å². The molecule has 1 unspecified atom stereocenters. The molecule has 4 amide bonds. The second-order valence-electron chi connectivity index (χ2n) is 8.27. The van der Waals surface area contributed by atoms with Crippen LogP contribution in [0.15, 0.2) is 42.5 Å². The Hall–Kier alpha value is -3.35. The van der Waals surface area contributed by atoms with Gasteiger partial charge in [0.15, 0.2) is 0 Å². The van der Waals surface area contributed by atoms with Gasteiger partial charge >= 0.3 is 6.03 Å². The maximum Gasteiger partial charge on any atom is 0.325 e. The molecule has 2 fully saturated rings. The van der Waals surface area contributed by atoms with E-state index in [0.29, 0.717) is 19.5 Å². The lowest BCUT2D eigenvalue weighted by molar-refractivity contribution is -0.132. The number of carbonyl (C=O) groups is 3. The van der Waals surface area contributed by atoms with Crippen LogP contribution in [0.5, 0.6) is 0 Å². The molecule has 5 rings (SSSR count). The Balaban J connectivity index is 1.38. The van der Waals surface area contributed by atoms with Crippen molar-refractivity contribution >= 4 is 23.5 Å². The van der Waals surface area contributed by atoms with Crippen LogP contribution in [0, 0.1) is 6.92 Å². The lowest BCUT2D eigenvalue weighted by Crippen LogP contribution is -2.47. The largest absolute Gasteiger partial charge is 0.360 e. The van der Waals surface area contributed by atoms with Crippen LogP contribution in [0.1, 0.15) is 28.7 Å². The van der Waals surface area contributed by atoms with Gasteiger partial charge in [0.2, 0.25) is 5.91 Å². The summed E-state index contributed by atoms with van der Waals surface area (Å²) in [4.78, 5) is 41.2. The van der Waals surface area contributed by atoms with Crippen molar-refractivity contribution in [1.29, 1.82) is 0 Å². The normalized spacial score (nSPS) is 23.0. The van der Waals surface area contributed by atoms with E-state index in [1.807, 2.05) is 54.3 Å². The highest BCUT2D eigenvalue weighted by Gasteiger charge is 2.55. The highest BCUT2D eigenvalue weighted by molar-refractivity contribution is 6.08. The van der Waals surface area contributed by atoms with E-state index in [-0.39, 0.29) is 24.4 Å². The van der Waals surface area contributed by atoms with E-state index in [0.717, 1.165) is 40.9 Å². The molecular weight excluding hydrogens is 380 g/mol. The monoisotopic (exact) mass is 404 g/mol. The molecule has 0 aromatic heterocycles. The Kier molecular flexibility index (Phi) is 4.27. The molecule has 0 bridgehead atoms. The van der Waals surface area contributed by atoms with Crippen LogP contribution in [0.3, 0.4) is 0 Å². The summed E-state index contributed by atoms with van der Waals surface area (Å²) in [5.74, 6) is -0.155. The molecule has 2 aromatic rings. The molecule has 154 valence electrons. The molecule has 2 heterocycles. The highest BCUT2D eigenvalue weighted by Crippen LogP contribution is 2.41. The number of hydrogen-bond donors (Lipinski definition) is 2. The van der Waals surface area contributed by atoms with Crippen LogP contribution in [-0.4, -0.2) is 42.4 Å². The van der Waals surface area contributed by atoms with E-state index in [1.54, 1.807) is 0 Å². The molecule has 2 N–H and O–H groups in total. The molecule has 3 aliphatic rings. The summed E-state index contributed by atoms with van der Waals surface area (Å²) in [5.41, 5.74) is 4.01. The second-order valence-corrected chi connectivity index (χ2v) is 8.27. The number of fused-ring (bicyclic) bond motifs is 2. The van der Waals surface area contributed by atoms with Gasteiger partial charge in [0.1, 0.15) is 5.54 Å². The SMILES string of the molecule is Cc1cc(N2CCNC(=O)C2)ccc1CN1C(=O)NC2(CCc3ccccc32)C1=O. The molecule has 1 spiro atoms. The van der Waals surface area contributed by atoms with Crippen molar-refractivity contribution < 1.29 is 14.4 Å². The minimum absolute atomic E-state index is 0.0180. The third-order valence-corrected chi connectivity index (χ3v) is 6.48. The molecule has 0 saturated carbocycles. The van der Waals surface area contributed by atoms with Crippen LogP contribution >= 0.6 is 0 Å². The average Bonchev–Trinajstić information content (AvgIpc) is 3.22. The van der Waals surface area contributed by atoms with Gasteiger partial charge in [-0.3, -0.25) is 14.5 Å². The van der Waals surface area contributed by atoms with E-state index in [1.165, 1.54) is 4.90 Å². The average molecular weight is 404 g/mol. The first-order valence-corrected chi connectivity index (χ1v) is 10.3. The lowest BCUT2D eigenvalue weighted by atomic mass is 9.91. The Morgan fingerprint density at radius 1 is 1.10 bits per heavy atom. The molecule has 1 aliphatic carbocycles. The first kappa shape index (κ1) is 18.7. The van der Waals surface area contributed by atoms with Gasteiger partial charge in [-0.05, 0) is 54.2 Å². The van der Waals surface area contributed by atoms with E-state index in [4.69, 9.17) is 0 Å². The number of rotatable bonds is 3. The standard InChI is InChI=1S/C23H24N4O3/c1-15-12-18(26-11-10-24-20(28)14-26)7-6-17(15)13-27-21(29)23(25-22(27)30)9-8-16-4-2-3-5-19(16)23/h2-7,12H,8-11,13-14H2,1H3,(H,24,28)(H,25,30). The van der Waals surface area contributed by atoms with Gasteiger partial charge in [0.05, 0.1) is 13.1 Å². The number of urea groups is 1. The second kappa shape index (κ2) is 6.86. The molecule has 0 radical (unpaired) electrons. The Morgan fingerprint density at radius 3 is 2.73 bits per heavy atom. The van der Waals surface area contributed by atoms with Crippen LogP contribution < -0.4 is 15.5 Å². The van der Waals surface area contributed by atoms with Gasteiger partial charge in [0.25, 0.3) is 5.91 Å². The first-order chi connectivity index (χ1) is 14.5. The van der Waals surface area contributed by atoms with Crippen molar-refractivity contribution in [3.63, 3.8) is 0 Å². The number of imide groups is 1. The van der Waals surface area contributed by atoms with Crippen LogP contribution in [0.2, 0.25) is 0 Å². The summed E-state index contributed by atoms with van der Waals surface area (Å²) in [6, 6.07) is 13.4. The Labute approximate surface area is 175 Å². The number of anilines is 1. The molecule has 7 heteroatoms. The number of hydrogen-bond acceptors (Lipinski definition) is 4. The zero-order valence-electron chi connectivity index (χ0n) is 16.9. The van der Waals surface area contributed by atoms with Gasteiger partial charge in [-0.25, -0.2) is 4.79 Å². The minimum atomic E-state index is -0.928. The summed E-state index contributed by atoms with van der Waals surface area (Å²) in [6.07, 6.45) is 1.38. The lowest BCUT2D eigenvalue weighted by Gasteiger charge is -2.29. The fraction of sp³-hybridized carbons (Fsp3) is 0.348. The van der Waals surface area contributed by atoms with Crippen molar-refractivity contribution in [3.05, 3.63) is 64.7 Å². The zero-order chi connectivity index (χ0) is 20.9. The van der Waals surface area contributed by atoms with Crippen molar-refractivity contribution in [2.45, 2.75) is 31.8 Å². The van der Waals surface area contributed by atoms with Crippen LogP contribution in [-0.2, 0) is 28.1 Å². The first-order valence-electron chi connectivity index (χ1n) is 10.3. The van der Waals surface area contributed by atoms with Gasteiger partial charge < -0.3 is 15.5 Å². The van der Waals surface area contributed by atoms with E-state index in [9.17, 15) is 14.4 Å². The smallest absolute Gasteiger partial charge is 0.325 e. The quantitative estimate of drug-likeness (QED) is 0.765. The fourth-order valence-corrected chi connectivity index (χ4v) is 4.82. The van der Waals surface area contributed by atoms with Gasteiger partial charge in [-0.2, -0.15) is 0 Å². The van der Waals surface area contributed by atoms with Crippen molar-refractivity contribution in [3.8, 4) is 0 Å². The number of carbonyl (C=O) groups excluding carboxylic acids is 3. The number of aryl methyl sites for hydroxylation is 2. The summed E-state index contributed by atoms with van der Waals surface area (Å²) >= 11 is 0. The van der Waals surface area contributed by atoms with E-state index < -0.39 is 5.54 Å². The predicted octanol–water partition coefficient (Wildman–Crippen LogP) is 1.82. The fourth-order valence-electron chi connectivity index (χ4n) is 4.82. The number of amides is 4. The highest BCUT2D eigenvalue weighted by atomic mass is 16.2. The predicted molar refractivity (Wildman–Crippen MR) is 112 cm³/mol. The Morgan fingerprint density at radius 2 is 1.93 bits per heavy atom. The minimum Gasteiger partial charge on any atom is -0.360 e. The summed E-state index contributed by atoms with van der Waals surface area (Å²) in [7, 11) is 0. The van der Waals surface area contributed by atoms with Gasteiger partial charge in [-0.15, -0.1) is 0 Å². The molecule has 7 nitrogen and oxygen atoms in total. The number of piperazine rings is 1. The third kappa shape index (κ3) is 2.84. The van der Waals surface area contributed by atoms with E-state index >= 15 is 0 Å². The van der Waals surface area contributed by atoms with Gasteiger partial charge in [-0.1, -0.05) is 30.3 Å². The Bertz CT molecular complexity index is 1070. The number of benzene rings is 2. The van der Waals surface area contributed by atoms with E-state index in [2.05, 4.69) is 10.6 Å². The molecule has 30 heavy (non-hydrogen) atoms. The molecule has 2 saturated heterocycles. The zero-order valence-corrected chi connectivity index (χ0v) is 16.9. The maximum atomic E-state index is 13.4. The molecule has 2 aromatic carbocycles. The third-order valence-electron chi connectivity index (χ3n) is 6.48. The van der Waals surface area contributed by atoms with Crippen molar-refractivity contribution in [2.75, 3.05) is 24.5 Å². The number of nitrogens with one attached hydrogen (secondary N) is 2.